The molecule has 2 aromatic carbocycles. The molecular formula is C16H12Cl2F3NO2S. The van der Waals surface area contributed by atoms with Crippen LogP contribution in [0.4, 0.5) is 18.9 Å². The third kappa shape index (κ3) is 6.68. The van der Waals surface area contributed by atoms with Gasteiger partial charge in [0.2, 0.25) is 0 Å². The monoisotopic (exact) mass is 409 g/mol. The first-order chi connectivity index (χ1) is 11.7. The van der Waals surface area contributed by atoms with Crippen LogP contribution in [0.25, 0.3) is 0 Å². The Labute approximate surface area is 156 Å². The molecule has 0 radical (unpaired) electrons. The molecule has 3 nitrogen and oxygen atoms in total. The van der Waals surface area contributed by atoms with Crippen LogP contribution >= 0.6 is 35.0 Å². The van der Waals surface area contributed by atoms with Crippen molar-refractivity contribution >= 4 is 46.6 Å². The fraction of sp³-hybridized carbons (Fsp3) is 0.188. The topological polar surface area (TPSA) is 38.3 Å². The first-order valence-corrected chi connectivity index (χ1v) is 8.65. The Morgan fingerprint density at radius 2 is 1.88 bits per heavy atom. The smallest absolute Gasteiger partial charge is 0.398 e. The van der Waals surface area contributed by atoms with Crippen LogP contribution in [-0.4, -0.2) is 24.4 Å². The fourth-order valence-corrected chi connectivity index (χ4v) is 3.01. The standard InChI is InChI=1S/C16H12Cl2F3NO2S/c17-10-5-6-13(11(18)7-10)24-8-15(23)22-12-3-1-2-4-14(12)25-9-16(19,20)21/h1-7H,8-9H2,(H,22,23). The maximum atomic E-state index is 12.4. The molecule has 25 heavy (non-hydrogen) atoms. The Balaban J connectivity index is 1.96. The highest BCUT2D eigenvalue weighted by molar-refractivity contribution is 7.99. The van der Waals surface area contributed by atoms with E-state index in [2.05, 4.69) is 5.32 Å². The van der Waals surface area contributed by atoms with Gasteiger partial charge in [-0.2, -0.15) is 13.2 Å². The summed E-state index contributed by atoms with van der Waals surface area (Å²) in [5.74, 6) is -1.29. The quantitative estimate of drug-likeness (QED) is 0.624. The van der Waals surface area contributed by atoms with E-state index in [1.54, 1.807) is 18.2 Å². The summed E-state index contributed by atoms with van der Waals surface area (Å²) in [5.41, 5.74) is 0.285. The van der Waals surface area contributed by atoms with Crippen LogP contribution in [0, 0.1) is 0 Å². The fourth-order valence-electron chi connectivity index (χ4n) is 1.78. The van der Waals surface area contributed by atoms with Crippen LogP contribution in [0.3, 0.4) is 0 Å². The van der Waals surface area contributed by atoms with Crippen LogP contribution in [-0.2, 0) is 4.79 Å². The van der Waals surface area contributed by atoms with Gasteiger partial charge in [-0.25, -0.2) is 0 Å². The molecular weight excluding hydrogens is 398 g/mol. The number of ether oxygens (including phenoxy) is 1. The summed E-state index contributed by atoms with van der Waals surface area (Å²) in [7, 11) is 0. The maximum absolute atomic E-state index is 12.4. The third-order valence-electron chi connectivity index (χ3n) is 2.81. The zero-order valence-corrected chi connectivity index (χ0v) is 14.9. The predicted molar refractivity (Wildman–Crippen MR) is 93.8 cm³/mol. The lowest BCUT2D eigenvalue weighted by atomic mass is 10.3. The number of hydrogen-bond acceptors (Lipinski definition) is 3. The number of nitrogens with one attached hydrogen (secondary N) is 1. The van der Waals surface area contributed by atoms with Gasteiger partial charge in [-0.05, 0) is 30.3 Å². The Morgan fingerprint density at radius 3 is 2.56 bits per heavy atom. The number of alkyl halides is 3. The van der Waals surface area contributed by atoms with E-state index in [1.165, 1.54) is 24.3 Å². The normalized spacial score (nSPS) is 11.2. The zero-order chi connectivity index (χ0) is 18.4. The number of thioether (sulfide) groups is 1. The number of rotatable bonds is 6. The Kier molecular flexibility index (Phi) is 6.87. The maximum Gasteiger partial charge on any atom is 0.398 e. The minimum Gasteiger partial charge on any atom is -0.482 e. The molecule has 0 fully saturated rings. The van der Waals surface area contributed by atoms with Crippen molar-refractivity contribution in [1.82, 2.24) is 0 Å². The second-order valence-corrected chi connectivity index (χ2v) is 6.67. The van der Waals surface area contributed by atoms with Gasteiger partial charge in [0.05, 0.1) is 16.5 Å². The first kappa shape index (κ1) is 19.8. The summed E-state index contributed by atoms with van der Waals surface area (Å²) in [5, 5.41) is 3.21. The molecule has 0 spiro atoms. The lowest BCUT2D eigenvalue weighted by molar-refractivity contribution is -0.118. The van der Waals surface area contributed by atoms with Gasteiger partial charge in [-0.15, -0.1) is 11.8 Å². The number of para-hydroxylation sites is 1. The van der Waals surface area contributed by atoms with Crippen molar-refractivity contribution in [1.29, 1.82) is 0 Å². The number of carbonyl (C=O) groups excluding carboxylic acids is 1. The molecule has 0 saturated carbocycles. The largest absolute Gasteiger partial charge is 0.482 e. The number of anilines is 1. The molecule has 134 valence electrons. The van der Waals surface area contributed by atoms with Crippen molar-refractivity contribution in [3.8, 4) is 5.75 Å². The predicted octanol–water partition coefficient (Wildman–Crippen LogP) is 5.67. The Morgan fingerprint density at radius 1 is 1.16 bits per heavy atom. The average molecular weight is 410 g/mol. The van der Waals surface area contributed by atoms with E-state index in [9.17, 15) is 18.0 Å². The number of halogens is 5. The van der Waals surface area contributed by atoms with Crippen molar-refractivity contribution in [3.63, 3.8) is 0 Å². The lowest BCUT2D eigenvalue weighted by Gasteiger charge is -2.12. The summed E-state index contributed by atoms with van der Waals surface area (Å²) < 4.78 is 42.4. The van der Waals surface area contributed by atoms with E-state index >= 15 is 0 Å². The molecule has 0 unspecified atom stereocenters. The van der Waals surface area contributed by atoms with E-state index in [0.717, 1.165) is 0 Å². The van der Waals surface area contributed by atoms with Gasteiger partial charge in [-0.1, -0.05) is 35.3 Å². The second kappa shape index (κ2) is 8.69. The van der Waals surface area contributed by atoms with Crippen LogP contribution in [0.1, 0.15) is 0 Å². The number of amides is 1. The van der Waals surface area contributed by atoms with Crippen LogP contribution in [0.2, 0.25) is 10.0 Å². The van der Waals surface area contributed by atoms with Gasteiger partial charge in [-0.3, -0.25) is 4.79 Å². The van der Waals surface area contributed by atoms with Gasteiger partial charge < -0.3 is 10.1 Å². The van der Waals surface area contributed by atoms with E-state index in [4.69, 9.17) is 27.9 Å². The Bertz CT molecular complexity index is 756. The van der Waals surface area contributed by atoms with E-state index in [1.807, 2.05) is 0 Å². The highest BCUT2D eigenvalue weighted by Crippen LogP contribution is 2.32. The van der Waals surface area contributed by atoms with Crippen LogP contribution < -0.4 is 10.1 Å². The van der Waals surface area contributed by atoms with E-state index < -0.39 is 17.8 Å². The molecule has 0 atom stereocenters. The molecule has 1 amide bonds. The SMILES string of the molecule is O=C(COc1ccc(Cl)cc1Cl)Nc1ccccc1SCC(F)(F)F. The molecule has 0 aliphatic heterocycles. The zero-order valence-electron chi connectivity index (χ0n) is 12.6. The molecule has 0 heterocycles. The van der Waals surface area contributed by atoms with Crippen molar-refractivity contribution in [2.24, 2.45) is 0 Å². The minimum atomic E-state index is -4.30. The summed E-state index contributed by atoms with van der Waals surface area (Å²) in [6.45, 7) is -0.348. The highest BCUT2D eigenvalue weighted by atomic mass is 35.5. The van der Waals surface area contributed by atoms with Crippen molar-refractivity contribution in [3.05, 3.63) is 52.5 Å². The molecule has 0 aromatic heterocycles. The van der Waals surface area contributed by atoms with Crippen molar-refractivity contribution < 1.29 is 22.7 Å². The van der Waals surface area contributed by atoms with Gasteiger partial charge in [0, 0.05) is 9.92 Å². The summed E-state index contributed by atoms with van der Waals surface area (Å²) in [6, 6.07) is 10.8. The molecule has 1 N–H and O–H groups in total. The Hall–Kier alpha value is -1.57. The second-order valence-electron chi connectivity index (χ2n) is 4.81. The van der Waals surface area contributed by atoms with Gasteiger partial charge in [0.1, 0.15) is 5.75 Å². The third-order valence-corrected chi connectivity index (χ3v) is 4.47. The molecule has 0 aliphatic carbocycles. The van der Waals surface area contributed by atoms with Crippen molar-refractivity contribution in [2.45, 2.75) is 11.1 Å². The summed E-state index contributed by atoms with van der Waals surface area (Å²) >= 11 is 12.3. The van der Waals surface area contributed by atoms with Gasteiger partial charge in [0.25, 0.3) is 5.91 Å². The number of hydrogen-bond donors (Lipinski definition) is 1. The lowest BCUT2D eigenvalue weighted by Crippen LogP contribution is -2.20. The number of carbonyl (C=O) groups is 1. The van der Waals surface area contributed by atoms with Gasteiger partial charge >= 0.3 is 6.18 Å². The molecule has 2 rings (SSSR count). The average Bonchev–Trinajstić information content (AvgIpc) is 2.52. The molecule has 2 aromatic rings. The van der Waals surface area contributed by atoms with Crippen LogP contribution in [0.5, 0.6) is 5.75 Å². The van der Waals surface area contributed by atoms with E-state index in [0.29, 0.717) is 21.7 Å². The molecule has 0 bridgehead atoms. The van der Waals surface area contributed by atoms with E-state index in [-0.39, 0.29) is 23.1 Å². The minimum absolute atomic E-state index is 0.251. The van der Waals surface area contributed by atoms with Gasteiger partial charge in [0.15, 0.2) is 6.61 Å². The summed E-state index contributed by atoms with van der Waals surface area (Å²) in [4.78, 5) is 12.3. The summed E-state index contributed by atoms with van der Waals surface area (Å²) in [6.07, 6.45) is -4.30. The molecule has 0 saturated heterocycles. The molecule has 0 aliphatic rings. The number of benzene rings is 2. The van der Waals surface area contributed by atoms with Crippen molar-refractivity contribution in [2.75, 3.05) is 17.7 Å². The van der Waals surface area contributed by atoms with Crippen LogP contribution in [0.15, 0.2) is 47.4 Å². The first-order valence-electron chi connectivity index (χ1n) is 6.91. The molecule has 9 heteroatoms. The highest BCUT2D eigenvalue weighted by Gasteiger charge is 2.27.